The van der Waals surface area contributed by atoms with E-state index in [1.54, 1.807) is 12.4 Å². The number of aromatic amines is 1. The van der Waals surface area contributed by atoms with Gasteiger partial charge in [-0.1, -0.05) is 49.1 Å². The standard InChI is InChI=1S/C35H36N6O/c1-21-10-11-28(24-9-6-12-38-19-24)29-18-32(41-31(29)15-21)33(36)30-17-26(20-39-34(30)37)25-13-22(2)14-27(16-25)40-35(42)23-7-4-3-5-8-23/h6,9-14,16-20,23,36,41H,3-5,7-8,15H2,1-2H3,(H2,37,39)(H,40,42). The van der Waals surface area contributed by atoms with Gasteiger partial charge < -0.3 is 16.0 Å². The quantitative estimate of drug-likeness (QED) is 0.187. The predicted octanol–water partition coefficient (Wildman–Crippen LogP) is 7.23. The van der Waals surface area contributed by atoms with E-state index in [9.17, 15) is 4.79 Å². The van der Waals surface area contributed by atoms with Crippen LogP contribution in [0, 0.1) is 18.3 Å². The second-order valence-corrected chi connectivity index (χ2v) is 11.5. The number of fused-ring (bicyclic) bond motifs is 1. The van der Waals surface area contributed by atoms with Crippen molar-refractivity contribution < 1.29 is 4.79 Å². The van der Waals surface area contributed by atoms with E-state index < -0.39 is 0 Å². The van der Waals surface area contributed by atoms with Gasteiger partial charge in [0.2, 0.25) is 5.91 Å². The number of benzene rings is 1. The molecule has 0 atom stereocenters. The van der Waals surface area contributed by atoms with Gasteiger partial charge in [-0.3, -0.25) is 15.2 Å². The van der Waals surface area contributed by atoms with E-state index in [1.165, 1.54) is 12.0 Å². The molecule has 0 bridgehead atoms. The van der Waals surface area contributed by atoms with Crippen LogP contribution in [0.2, 0.25) is 0 Å². The van der Waals surface area contributed by atoms with Crippen LogP contribution < -0.4 is 11.1 Å². The van der Waals surface area contributed by atoms with Crippen molar-refractivity contribution in [3.8, 4) is 11.1 Å². The maximum absolute atomic E-state index is 12.9. The Kier molecular flexibility index (Phi) is 7.57. The maximum atomic E-state index is 12.9. The highest BCUT2D eigenvalue weighted by atomic mass is 16.1. The Morgan fingerprint density at radius 3 is 2.62 bits per heavy atom. The van der Waals surface area contributed by atoms with E-state index in [4.69, 9.17) is 11.1 Å². The van der Waals surface area contributed by atoms with Gasteiger partial charge >= 0.3 is 0 Å². The van der Waals surface area contributed by atoms with E-state index in [0.717, 1.165) is 76.9 Å². The van der Waals surface area contributed by atoms with E-state index in [-0.39, 0.29) is 17.5 Å². The van der Waals surface area contributed by atoms with Gasteiger partial charge in [0.15, 0.2) is 0 Å². The molecule has 212 valence electrons. The molecule has 1 fully saturated rings. The number of nitrogens with zero attached hydrogens (tertiary/aromatic N) is 2. The van der Waals surface area contributed by atoms with Gasteiger partial charge in [-0.2, -0.15) is 0 Å². The lowest BCUT2D eigenvalue weighted by Gasteiger charge is -2.21. The van der Waals surface area contributed by atoms with Gasteiger partial charge in [-0.25, -0.2) is 4.98 Å². The Morgan fingerprint density at radius 1 is 1.00 bits per heavy atom. The first-order valence-corrected chi connectivity index (χ1v) is 14.6. The topological polar surface area (TPSA) is 121 Å². The molecule has 0 saturated heterocycles. The summed E-state index contributed by atoms with van der Waals surface area (Å²) in [5.74, 6) is 0.475. The summed E-state index contributed by atoms with van der Waals surface area (Å²) in [5, 5.41) is 12.3. The van der Waals surface area contributed by atoms with Crippen molar-refractivity contribution in [2.75, 3.05) is 11.1 Å². The molecular formula is C35H36N6O. The van der Waals surface area contributed by atoms with Crippen LogP contribution in [-0.2, 0) is 11.2 Å². The molecule has 7 nitrogen and oxygen atoms in total. The highest BCUT2D eigenvalue weighted by molar-refractivity contribution is 6.13. The molecule has 7 heteroatoms. The third kappa shape index (κ3) is 5.68. The second-order valence-electron chi connectivity index (χ2n) is 11.5. The Bertz CT molecular complexity index is 1720. The number of carbonyl (C=O) groups is 1. The van der Waals surface area contributed by atoms with Crippen LogP contribution in [0.1, 0.15) is 72.7 Å². The zero-order chi connectivity index (χ0) is 29.2. The predicted molar refractivity (Wildman–Crippen MR) is 170 cm³/mol. The number of nitrogens with two attached hydrogens (primary N) is 1. The average Bonchev–Trinajstić information content (AvgIpc) is 3.34. The summed E-state index contributed by atoms with van der Waals surface area (Å²) in [6.45, 7) is 4.13. The minimum Gasteiger partial charge on any atom is -0.383 e. The third-order valence-electron chi connectivity index (χ3n) is 8.26. The molecule has 42 heavy (non-hydrogen) atoms. The number of aromatic nitrogens is 3. The monoisotopic (exact) mass is 556 g/mol. The van der Waals surface area contributed by atoms with Crippen molar-refractivity contribution in [2.45, 2.75) is 52.4 Å². The van der Waals surface area contributed by atoms with Crippen molar-refractivity contribution in [3.63, 3.8) is 0 Å². The normalized spacial score (nSPS) is 15.3. The molecule has 4 aromatic rings. The van der Waals surface area contributed by atoms with Crippen molar-refractivity contribution in [1.29, 1.82) is 5.41 Å². The van der Waals surface area contributed by atoms with Crippen LogP contribution in [0.15, 0.2) is 78.8 Å². The van der Waals surface area contributed by atoms with Crippen molar-refractivity contribution >= 4 is 28.7 Å². The maximum Gasteiger partial charge on any atom is 0.227 e. The Labute approximate surface area is 246 Å². The minimum absolute atomic E-state index is 0.0803. The lowest BCUT2D eigenvalue weighted by molar-refractivity contribution is -0.120. The molecule has 0 spiro atoms. The summed E-state index contributed by atoms with van der Waals surface area (Å²) in [6.07, 6.45) is 15.7. The lowest BCUT2D eigenvalue weighted by atomic mass is 9.88. The average molecular weight is 557 g/mol. The van der Waals surface area contributed by atoms with Gasteiger partial charge in [-0.05, 0) is 73.7 Å². The molecular weight excluding hydrogens is 520 g/mol. The first kappa shape index (κ1) is 27.4. The first-order chi connectivity index (χ1) is 20.4. The number of anilines is 2. The Morgan fingerprint density at radius 2 is 1.83 bits per heavy atom. The molecule has 2 aliphatic carbocycles. The van der Waals surface area contributed by atoms with E-state index >= 15 is 0 Å². The van der Waals surface area contributed by atoms with Gasteiger partial charge in [0.1, 0.15) is 5.82 Å². The molecule has 0 unspecified atom stereocenters. The van der Waals surface area contributed by atoms with Crippen LogP contribution >= 0.6 is 0 Å². The summed E-state index contributed by atoms with van der Waals surface area (Å²) in [6, 6.07) is 14.0. The molecule has 5 N–H and O–H groups in total. The van der Waals surface area contributed by atoms with E-state index in [0.29, 0.717) is 17.1 Å². The van der Waals surface area contributed by atoms with Gasteiger partial charge in [0, 0.05) is 64.6 Å². The number of aryl methyl sites for hydroxylation is 1. The lowest BCUT2D eigenvalue weighted by Crippen LogP contribution is -2.24. The molecule has 3 aromatic heterocycles. The number of carbonyl (C=O) groups excluding carboxylic acids is 1. The van der Waals surface area contributed by atoms with Crippen molar-refractivity contribution in [2.24, 2.45) is 5.92 Å². The van der Waals surface area contributed by atoms with E-state index in [2.05, 4.69) is 45.4 Å². The number of nitrogens with one attached hydrogen (secondary N) is 3. The second kappa shape index (κ2) is 11.6. The molecule has 1 aromatic carbocycles. The summed E-state index contributed by atoms with van der Waals surface area (Å²) in [7, 11) is 0. The van der Waals surface area contributed by atoms with Gasteiger partial charge in [-0.15, -0.1) is 0 Å². The van der Waals surface area contributed by atoms with Crippen LogP contribution in [0.3, 0.4) is 0 Å². The van der Waals surface area contributed by atoms with Crippen LogP contribution in [0.5, 0.6) is 0 Å². The number of H-pyrrole nitrogens is 1. The third-order valence-corrected chi connectivity index (χ3v) is 8.26. The molecule has 2 aliphatic rings. The fraction of sp³-hybridized carbons (Fsp3) is 0.257. The fourth-order valence-corrected chi connectivity index (χ4v) is 6.05. The first-order valence-electron chi connectivity index (χ1n) is 14.6. The number of amides is 1. The molecule has 3 heterocycles. The fourth-order valence-electron chi connectivity index (χ4n) is 6.05. The minimum atomic E-state index is 0.0803. The Balaban J connectivity index is 1.31. The van der Waals surface area contributed by atoms with Crippen LogP contribution in [-0.4, -0.2) is 26.6 Å². The smallest absolute Gasteiger partial charge is 0.227 e. The Hall–Kier alpha value is -4.78. The van der Waals surface area contributed by atoms with Crippen LogP contribution in [0.25, 0.3) is 16.7 Å². The molecule has 0 aliphatic heterocycles. The SMILES string of the molecule is CC1=CC=C(c2cccnc2)c2cc(C(=N)c3cc(-c4cc(C)cc(NC(=O)C5CCCCC5)c4)cnc3N)[nH]c2C1. The molecule has 1 saturated carbocycles. The number of hydrogen-bond acceptors (Lipinski definition) is 5. The molecule has 0 radical (unpaired) electrons. The van der Waals surface area contributed by atoms with Crippen LogP contribution in [0.4, 0.5) is 11.5 Å². The number of pyridine rings is 2. The van der Waals surface area contributed by atoms with Crippen molar-refractivity contribution in [1.82, 2.24) is 15.0 Å². The zero-order valence-electron chi connectivity index (χ0n) is 24.1. The number of hydrogen-bond donors (Lipinski definition) is 4. The summed E-state index contributed by atoms with van der Waals surface area (Å²) >= 11 is 0. The molecule has 6 rings (SSSR count). The van der Waals surface area contributed by atoms with Gasteiger partial charge in [0.05, 0.1) is 11.4 Å². The summed E-state index contributed by atoms with van der Waals surface area (Å²) in [5.41, 5.74) is 16.8. The number of rotatable bonds is 6. The number of allylic oxidation sites excluding steroid dienone is 3. The largest absolute Gasteiger partial charge is 0.383 e. The highest BCUT2D eigenvalue weighted by Gasteiger charge is 2.22. The zero-order valence-corrected chi connectivity index (χ0v) is 24.1. The summed E-state index contributed by atoms with van der Waals surface area (Å²) < 4.78 is 0. The van der Waals surface area contributed by atoms with Gasteiger partial charge in [0.25, 0.3) is 0 Å². The summed E-state index contributed by atoms with van der Waals surface area (Å²) in [4.78, 5) is 25.2. The number of nitrogen functional groups attached to an aromatic ring is 1. The molecule has 1 amide bonds. The highest BCUT2D eigenvalue weighted by Crippen LogP contribution is 2.33. The van der Waals surface area contributed by atoms with Crippen molar-refractivity contribution in [3.05, 3.63) is 112 Å². The van der Waals surface area contributed by atoms with E-state index in [1.807, 2.05) is 49.5 Å².